The highest BCUT2D eigenvalue weighted by molar-refractivity contribution is 5.86. The van der Waals surface area contributed by atoms with Gasteiger partial charge in [-0.05, 0) is 59.8 Å². The van der Waals surface area contributed by atoms with Crippen molar-refractivity contribution < 1.29 is 24.2 Å². The molecule has 0 aromatic heterocycles. The Morgan fingerprint density at radius 2 is 1.54 bits per heavy atom. The average molecular weight is 477 g/mol. The number of nitrogens with one attached hydrogen (secondary N) is 2. The standard InChI is InChI=1S/C28H32N2O5/c31-26(32)15-18-11-12-19(13-18)29-27(33)25(14-17-9-10-17)30-28(34)35-16-24-22-7-3-1-5-20(22)21-6-2-4-8-23(21)24/h1-8,17-19,24-25H,9-16H2,(H,29,33)(H,30,34)(H,31,32)/t18-,19+,25+/m1/s1. The lowest BCUT2D eigenvalue weighted by Gasteiger charge is -2.22. The van der Waals surface area contributed by atoms with Gasteiger partial charge >= 0.3 is 12.1 Å². The summed E-state index contributed by atoms with van der Waals surface area (Å²) in [5.74, 6) is -0.497. The van der Waals surface area contributed by atoms with Crippen molar-refractivity contribution >= 4 is 18.0 Å². The Kier molecular flexibility index (Phi) is 6.75. The summed E-state index contributed by atoms with van der Waals surface area (Å²) in [6, 6.07) is 15.7. The maximum Gasteiger partial charge on any atom is 0.407 e. The number of rotatable bonds is 9. The Balaban J connectivity index is 1.18. The lowest BCUT2D eigenvalue weighted by Crippen LogP contribution is -2.49. The molecule has 0 heterocycles. The molecule has 2 fully saturated rings. The summed E-state index contributed by atoms with van der Waals surface area (Å²) in [6.45, 7) is 0.205. The first-order valence-electron chi connectivity index (χ1n) is 12.6. The van der Waals surface area contributed by atoms with Gasteiger partial charge in [0.1, 0.15) is 12.6 Å². The fourth-order valence-corrected chi connectivity index (χ4v) is 5.64. The molecule has 2 aromatic rings. The first-order chi connectivity index (χ1) is 17.0. The minimum atomic E-state index is -0.800. The molecule has 5 rings (SSSR count). The molecule has 3 N–H and O–H groups in total. The summed E-state index contributed by atoms with van der Waals surface area (Å²) < 4.78 is 5.66. The topological polar surface area (TPSA) is 105 Å². The van der Waals surface area contributed by atoms with E-state index in [0.29, 0.717) is 18.8 Å². The number of hydrogen-bond acceptors (Lipinski definition) is 4. The largest absolute Gasteiger partial charge is 0.481 e. The lowest BCUT2D eigenvalue weighted by molar-refractivity contribution is -0.138. The summed E-state index contributed by atoms with van der Waals surface area (Å²) in [6.07, 6.45) is 4.52. The molecule has 0 unspecified atom stereocenters. The van der Waals surface area contributed by atoms with Gasteiger partial charge in [-0.25, -0.2) is 4.79 Å². The van der Waals surface area contributed by atoms with Gasteiger partial charge in [0.2, 0.25) is 5.91 Å². The summed E-state index contributed by atoms with van der Waals surface area (Å²) >= 11 is 0. The van der Waals surface area contributed by atoms with Crippen molar-refractivity contribution in [2.45, 2.75) is 62.9 Å². The van der Waals surface area contributed by atoms with Gasteiger partial charge in [0.25, 0.3) is 0 Å². The van der Waals surface area contributed by atoms with Crippen molar-refractivity contribution in [1.29, 1.82) is 0 Å². The van der Waals surface area contributed by atoms with E-state index in [0.717, 1.165) is 36.8 Å². The third-order valence-electron chi connectivity index (χ3n) is 7.57. The molecule has 0 saturated heterocycles. The van der Waals surface area contributed by atoms with Crippen LogP contribution in [0.3, 0.4) is 0 Å². The highest BCUT2D eigenvalue weighted by atomic mass is 16.5. The van der Waals surface area contributed by atoms with Crippen LogP contribution in [0.15, 0.2) is 48.5 Å². The maximum atomic E-state index is 13.0. The van der Waals surface area contributed by atoms with Gasteiger partial charge in [0.05, 0.1) is 0 Å². The number of benzene rings is 2. The van der Waals surface area contributed by atoms with Gasteiger partial charge in [-0.15, -0.1) is 0 Å². The van der Waals surface area contributed by atoms with E-state index in [4.69, 9.17) is 9.84 Å². The Labute approximate surface area is 205 Å². The molecule has 3 aliphatic rings. The highest BCUT2D eigenvalue weighted by Gasteiger charge is 2.34. The van der Waals surface area contributed by atoms with Crippen LogP contribution in [-0.2, 0) is 14.3 Å². The second-order valence-electron chi connectivity index (χ2n) is 10.2. The van der Waals surface area contributed by atoms with Gasteiger partial charge in [0.15, 0.2) is 0 Å². The monoisotopic (exact) mass is 476 g/mol. The quantitative estimate of drug-likeness (QED) is 0.496. The average Bonchev–Trinajstić information content (AvgIpc) is 3.47. The van der Waals surface area contributed by atoms with Crippen LogP contribution in [0.25, 0.3) is 11.1 Å². The van der Waals surface area contributed by atoms with E-state index in [9.17, 15) is 14.4 Å². The fraction of sp³-hybridized carbons (Fsp3) is 0.464. The van der Waals surface area contributed by atoms with Crippen LogP contribution in [-0.4, -0.2) is 41.8 Å². The van der Waals surface area contributed by atoms with E-state index >= 15 is 0 Å². The third-order valence-corrected chi connectivity index (χ3v) is 7.57. The number of alkyl carbamates (subject to hydrolysis) is 1. The molecule has 3 atom stereocenters. The summed E-state index contributed by atoms with van der Waals surface area (Å²) in [4.78, 5) is 36.8. The van der Waals surface area contributed by atoms with Crippen molar-refractivity contribution in [1.82, 2.24) is 10.6 Å². The van der Waals surface area contributed by atoms with Crippen LogP contribution < -0.4 is 10.6 Å². The summed E-state index contributed by atoms with van der Waals surface area (Å²) in [5, 5.41) is 14.9. The number of carboxylic acid groups (broad SMARTS) is 1. The molecule has 7 nitrogen and oxygen atoms in total. The van der Waals surface area contributed by atoms with Crippen LogP contribution in [0.1, 0.15) is 62.0 Å². The number of fused-ring (bicyclic) bond motifs is 3. The Bertz CT molecular complexity index is 1070. The molecule has 0 aliphatic heterocycles. The van der Waals surface area contributed by atoms with E-state index in [1.165, 1.54) is 11.1 Å². The molecule has 184 valence electrons. The predicted octanol–water partition coefficient (Wildman–Crippen LogP) is 4.45. The highest BCUT2D eigenvalue weighted by Crippen LogP contribution is 2.44. The van der Waals surface area contributed by atoms with Gasteiger partial charge in [-0.1, -0.05) is 61.4 Å². The number of amides is 2. The van der Waals surface area contributed by atoms with E-state index in [1.807, 2.05) is 24.3 Å². The molecule has 0 radical (unpaired) electrons. The number of aliphatic carboxylic acids is 1. The summed E-state index contributed by atoms with van der Waals surface area (Å²) in [5.41, 5.74) is 4.62. The number of hydrogen-bond donors (Lipinski definition) is 3. The number of carbonyl (C=O) groups excluding carboxylic acids is 2. The van der Waals surface area contributed by atoms with Crippen LogP contribution in [0.5, 0.6) is 0 Å². The minimum absolute atomic E-state index is 0.0338. The van der Waals surface area contributed by atoms with Crippen LogP contribution in [0.4, 0.5) is 4.79 Å². The van der Waals surface area contributed by atoms with Crippen molar-refractivity contribution in [2.75, 3.05) is 6.61 Å². The normalized spacial score (nSPS) is 21.6. The van der Waals surface area contributed by atoms with Crippen molar-refractivity contribution in [3.8, 4) is 11.1 Å². The first kappa shape index (κ1) is 23.4. The molecular formula is C28H32N2O5. The summed E-state index contributed by atoms with van der Waals surface area (Å²) in [7, 11) is 0. The molecule has 7 heteroatoms. The Hall–Kier alpha value is -3.35. The van der Waals surface area contributed by atoms with E-state index in [2.05, 4.69) is 34.9 Å². The van der Waals surface area contributed by atoms with Gasteiger partial charge in [0, 0.05) is 18.4 Å². The zero-order valence-electron chi connectivity index (χ0n) is 19.7. The Morgan fingerprint density at radius 1 is 0.914 bits per heavy atom. The van der Waals surface area contributed by atoms with Gasteiger partial charge in [-0.3, -0.25) is 9.59 Å². The van der Waals surface area contributed by atoms with E-state index in [-0.39, 0.29) is 36.8 Å². The first-order valence-corrected chi connectivity index (χ1v) is 12.6. The van der Waals surface area contributed by atoms with Crippen molar-refractivity contribution in [2.24, 2.45) is 11.8 Å². The van der Waals surface area contributed by atoms with Gasteiger partial charge < -0.3 is 20.5 Å². The molecule has 0 spiro atoms. The second kappa shape index (κ2) is 10.1. The smallest absolute Gasteiger partial charge is 0.407 e. The Morgan fingerprint density at radius 3 is 2.17 bits per heavy atom. The lowest BCUT2D eigenvalue weighted by atomic mass is 9.98. The second-order valence-corrected chi connectivity index (χ2v) is 10.2. The molecule has 2 amide bonds. The molecule has 2 aromatic carbocycles. The van der Waals surface area contributed by atoms with Gasteiger partial charge in [-0.2, -0.15) is 0 Å². The van der Waals surface area contributed by atoms with Crippen LogP contribution in [0, 0.1) is 11.8 Å². The van der Waals surface area contributed by atoms with Crippen LogP contribution in [0.2, 0.25) is 0 Å². The predicted molar refractivity (Wildman–Crippen MR) is 131 cm³/mol. The SMILES string of the molecule is O=C(O)C[C@@H]1CC[C@H](NC(=O)[C@H](CC2CC2)NC(=O)OCC2c3ccccc3-c3ccccc32)C1. The maximum absolute atomic E-state index is 13.0. The fourth-order valence-electron chi connectivity index (χ4n) is 5.64. The molecule has 35 heavy (non-hydrogen) atoms. The zero-order valence-corrected chi connectivity index (χ0v) is 19.7. The molecule has 2 saturated carbocycles. The number of ether oxygens (including phenoxy) is 1. The molecular weight excluding hydrogens is 444 g/mol. The molecule has 3 aliphatic carbocycles. The van der Waals surface area contributed by atoms with E-state index in [1.54, 1.807) is 0 Å². The third kappa shape index (κ3) is 5.50. The zero-order chi connectivity index (χ0) is 24.4. The van der Waals surface area contributed by atoms with Crippen molar-refractivity contribution in [3.63, 3.8) is 0 Å². The molecule has 0 bridgehead atoms. The van der Waals surface area contributed by atoms with E-state index < -0.39 is 18.1 Å². The number of carbonyl (C=O) groups is 3. The van der Waals surface area contributed by atoms with Crippen molar-refractivity contribution in [3.05, 3.63) is 59.7 Å². The minimum Gasteiger partial charge on any atom is -0.481 e. The van der Waals surface area contributed by atoms with Crippen LogP contribution >= 0.6 is 0 Å². The number of carboxylic acids is 1.